The summed E-state index contributed by atoms with van der Waals surface area (Å²) in [7, 11) is 0. The summed E-state index contributed by atoms with van der Waals surface area (Å²) in [5.41, 5.74) is 2.09. The Balaban J connectivity index is 1.68. The van der Waals surface area contributed by atoms with Gasteiger partial charge >= 0.3 is 5.97 Å². The number of halogens is 2. The second kappa shape index (κ2) is 7.30. The molecule has 0 radical (unpaired) electrons. The summed E-state index contributed by atoms with van der Waals surface area (Å²) in [5.74, 6) is -1.30. The lowest BCUT2D eigenvalue weighted by Gasteiger charge is -2.33. The standard InChI is InChI=1S/C18H17ClFNO3/c19-16-9-14(20)5-6-15(16)17-11-21(7-8-24-17)10-12-1-3-13(4-2-12)18(22)23/h1-6,9,17H,7-8,10-11H2,(H,22,23)/t17-/m1/s1. The zero-order chi connectivity index (χ0) is 17.1. The fourth-order valence-electron chi connectivity index (χ4n) is 2.81. The van der Waals surface area contributed by atoms with Crippen LogP contribution in [0.2, 0.25) is 5.02 Å². The second-order valence-corrected chi connectivity index (χ2v) is 6.17. The van der Waals surface area contributed by atoms with Crippen molar-refractivity contribution in [1.29, 1.82) is 0 Å². The van der Waals surface area contributed by atoms with Crippen LogP contribution < -0.4 is 0 Å². The molecule has 1 aliphatic heterocycles. The first-order valence-corrected chi connectivity index (χ1v) is 8.02. The molecular formula is C18H17ClFNO3. The van der Waals surface area contributed by atoms with E-state index in [1.165, 1.54) is 12.1 Å². The highest BCUT2D eigenvalue weighted by molar-refractivity contribution is 6.31. The number of morpholine rings is 1. The molecule has 1 fully saturated rings. The fraction of sp³-hybridized carbons (Fsp3) is 0.278. The summed E-state index contributed by atoms with van der Waals surface area (Å²) in [4.78, 5) is 13.1. The van der Waals surface area contributed by atoms with Crippen molar-refractivity contribution in [3.63, 3.8) is 0 Å². The first-order valence-electron chi connectivity index (χ1n) is 7.64. The minimum atomic E-state index is -0.932. The second-order valence-electron chi connectivity index (χ2n) is 5.76. The fourth-order valence-corrected chi connectivity index (χ4v) is 3.10. The van der Waals surface area contributed by atoms with Crippen LogP contribution in [0.15, 0.2) is 42.5 Å². The Morgan fingerprint density at radius 1 is 1.29 bits per heavy atom. The monoisotopic (exact) mass is 349 g/mol. The van der Waals surface area contributed by atoms with Crippen molar-refractivity contribution in [2.75, 3.05) is 19.7 Å². The predicted octanol–water partition coefficient (Wildman–Crippen LogP) is 3.75. The van der Waals surface area contributed by atoms with E-state index in [1.54, 1.807) is 18.2 Å². The Morgan fingerprint density at radius 3 is 2.71 bits per heavy atom. The average Bonchev–Trinajstić information content (AvgIpc) is 2.55. The number of carbonyl (C=O) groups is 1. The minimum Gasteiger partial charge on any atom is -0.478 e. The predicted molar refractivity (Wildman–Crippen MR) is 88.8 cm³/mol. The van der Waals surface area contributed by atoms with Crippen molar-refractivity contribution in [3.05, 3.63) is 70.0 Å². The zero-order valence-electron chi connectivity index (χ0n) is 12.9. The molecule has 0 saturated carbocycles. The average molecular weight is 350 g/mol. The largest absolute Gasteiger partial charge is 0.478 e. The van der Waals surface area contributed by atoms with Gasteiger partial charge in [-0.2, -0.15) is 0 Å². The van der Waals surface area contributed by atoms with E-state index in [1.807, 2.05) is 12.1 Å². The van der Waals surface area contributed by atoms with E-state index in [0.29, 0.717) is 24.7 Å². The van der Waals surface area contributed by atoms with Gasteiger partial charge in [-0.3, -0.25) is 4.90 Å². The van der Waals surface area contributed by atoms with E-state index >= 15 is 0 Å². The van der Waals surface area contributed by atoms with Gasteiger partial charge in [0.25, 0.3) is 0 Å². The lowest BCUT2D eigenvalue weighted by molar-refractivity contribution is -0.0329. The summed E-state index contributed by atoms with van der Waals surface area (Å²) < 4.78 is 19.0. The third-order valence-corrected chi connectivity index (χ3v) is 4.39. The normalized spacial score (nSPS) is 18.5. The maximum Gasteiger partial charge on any atom is 0.335 e. The van der Waals surface area contributed by atoms with Gasteiger partial charge in [0.1, 0.15) is 5.82 Å². The Kier molecular flexibility index (Phi) is 5.14. The maximum absolute atomic E-state index is 13.2. The van der Waals surface area contributed by atoms with Gasteiger partial charge in [-0.05, 0) is 29.8 Å². The molecule has 0 aromatic heterocycles. The number of rotatable bonds is 4. The molecule has 1 saturated heterocycles. The third-order valence-electron chi connectivity index (χ3n) is 4.07. The first-order chi connectivity index (χ1) is 11.5. The lowest BCUT2D eigenvalue weighted by Crippen LogP contribution is -2.37. The van der Waals surface area contributed by atoms with E-state index in [-0.39, 0.29) is 17.5 Å². The van der Waals surface area contributed by atoms with Gasteiger partial charge in [0, 0.05) is 30.2 Å². The molecular weight excluding hydrogens is 333 g/mol. The van der Waals surface area contributed by atoms with Crippen molar-refractivity contribution in [3.8, 4) is 0 Å². The Morgan fingerprint density at radius 2 is 2.04 bits per heavy atom. The number of aromatic carboxylic acids is 1. The van der Waals surface area contributed by atoms with Crippen LogP contribution in [0.4, 0.5) is 4.39 Å². The number of carboxylic acid groups (broad SMARTS) is 1. The van der Waals surface area contributed by atoms with Crippen LogP contribution in [0, 0.1) is 5.82 Å². The molecule has 4 nitrogen and oxygen atoms in total. The Labute approximate surface area is 144 Å². The molecule has 126 valence electrons. The molecule has 0 amide bonds. The number of ether oxygens (including phenoxy) is 1. The van der Waals surface area contributed by atoms with Crippen LogP contribution in [0.25, 0.3) is 0 Å². The van der Waals surface area contributed by atoms with Gasteiger partial charge in [0.05, 0.1) is 18.3 Å². The highest BCUT2D eigenvalue weighted by Gasteiger charge is 2.24. The Hall–Kier alpha value is -1.95. The molecule has 1 aliphatic rings. The quantitative estimate of drug-likeness (QED) is 0.913. The van der Waals surface area contributed by atoms with E-state index in [0.717, 1.165) is 17.7 Å². The molecule has 24 heavy (non-hydrogen) atoms. The summed E-state index contributed by atoms with van der Waals surface area (Å²) >= 11 is 6.12. The van der Waals surface area contributed by atoms with Crippen molar-refractivity contribution in [2.24, 2.45) is 0 Å². The van der Waals surface area contributed by atoms with Crippen LogP contribution in [0.3, 0.4) is 0 Å². The molecule has 0 spiro atoms. The van der Waals surface area contributed by atoms with E-state index < -0.39 is 5.97 Å². The van der Waals surface area contributed by atoms with Gasteiger partial charge in [-0.15, -0.1) is 0 Å². The van der Waals surface area contributed by atoms with Gasteiger partial charge in [0.15, 0.2) is 0 Å². The molecule has 0 aliphatic carbocycles. The highest BCUT2D eigenvalue weighted by Crippen LogP contribution is 2.29. The van der Waals surface area contributed by atoms with Crippen LogP contribution >= 0.6 is 11.6 Å². The molecule has 2 aromatic carbocycles. The molecule has 2 aromatic rings. The smallest absolute Gasteiger partial charge is 0.335 e. The van der Waals surface area contributed by atoms with E-state index in [4.69, 9.17) is 21.4 Å². The molecule has 3 rings (SSSR count). The summed E-state index contributed by atoms with van der Waals surface area (Å²) in [6.45, 7) is 2.67. The van der Waals surface area contributed by atoms with Gasteiger partial charge in [-0.1, -0.05) is 29.8 Å². The van der Waals surface area contributed by atoms with Crippen molar-refractivity contribution < 1.29 is 19.0 Å². The van der Waals surface area contributed by atoms with E-state index in [9.17, 15) is 9.18 Å². The maximum atomic E-state index is 13.2. The van der Waals surface area contributed by atoms with Crippen LogP contribution in [0.1, 0.15) is 27.6 Å². The Bertz CT molecular complexity index is 736. The number of hydrogen-bond acceptors (Lipinski definition) is 3. The SMILES string of the molecule is O=C(O)c1ccc(CN2CCO[C@@H](c3ccc(F)cc3Cl)C2)cc1. The molecule has 6 heteroatoms. The van der Waals surface area contributed by atoms with Crippen molar-refractivity contribution in [1.82, 2.24) is 4.90 Å². The first kappa shape index (κ1) is 16.9. The molecule has 0 bridgehead atoms. The topological polar surface area (TPSA) is 49.8 Å². The van der Waals surface area contributed by atoms with Gasteiger partial charge in [0.2, 0.25) is 0 Å². The molecule has 1 heterocycles. The van der Waals surface area contributed by atoms with E-state index in [2.05, 4.69) is 4.90 Å². The molecule has 0 unspecified atom stereocenters. The summed E-state index contributed by atoms with van der Waals surface area (Å²) in [6.07, 6.45) is -0.204. The number of benzene rings is 2. The van der Waals surface area contributed by atoms with Crippen LogP contribution in [-0.4, -0.2) is 35.7 Å². The van der Waals surface area contributed by atoms with Crippen molar-refractivity contribution >= 4 is 17.6 Å². The minimum absolute atomic E-state index is 0.204. The highest BCUT2D eigenvalue weighted by atomic mass is 35.5. The number of hydrogen-bond donors (Lipinski definition) is 1. The lowest BCUT2D eigenvalue weighted by atomic mass is 10.1. The molecule has 1 N–H and O–H groups in total. The van der Waals surface area contributed by atoms with Gasteiger partial charge in [-0.25, -0.2) is 9.18 Å². The third kappa shape index (κ3) is 3.93. The number of carboxylic acids is 1. The van der Waals surface area contributed by atoms with Gasteiger partial charge < -0.3 is 9.84 Å². The summed E-state index contributed by atoms with van der Waals surface area (Å²) in [5, 5.41) is 9.31. The van der Waals surface area contributed by atoms with Crippen LogP contribution in [-0.2, 0) is 11.3 Å². The van der Waals surface area contributed by atoms with Crippen LogP contribution in [0.5, 0.6) is 0 Å². The summed E-state index contributed by atoms with van der Waals surface area (Å²) in [6, 6.07) is 11.2. The number of nitrogens with zero attached hydrogens (tertiary/aromatic N) is 1. The zero-order valence-corrected chi connectivity index (χ0v) is 13.7. The van der Waals surface area contributed by atoms with Crippen molar-refractivity contribution in [2.45, 2.75) is 12.6 Å². The molecule has 1 atom stereocenters.